The Kier molecular flexibility index (Phi) is 53.3. The van der Waals surface area contributed by atoms with Crippen LogP contribution in [0.5, 0.6) is 0 Å². The van der Waals surface area contributed by atoms with Crippen LogP contribution in [0.1, 0.15) is 266 Å². The molecule has 6 rings (SSSR count). The molecule has 0 radical (unpaired) electrons. The fourth-order valence-electron chi connectivity index (χ4n) is 18.0. The van der Waals surface area contributed by atoms with Gasteiger partial charge in [-0.2, -0.15) is 0 Å². The zero-order valence-corrected chi connectivity index (χ0v) is 77.3. The highest BCUT2D eigenvalue weighted by Gasteiger charge is 2.64. The van der Waals surface area contributed by atoms with Gasteiger partial charge in [-0.3, -0.25) is 14.4 Å². The van der Waals surface area contributed by atoms with E-state index in [9.17, 15) is 136 Å². The molecule has 0 aromatic rings. The molecule has 42 nitrogen and oxygen atoms in total. The van der Waals surface area contributed by atoms with Crippen molar-refractivity contribution in [2.24, 2.45) is 5.92 Å². The monoisotopic (exact) mass is 1910 g/mol. The average molecular weight is 1910 g/mol. The van der Waals surface area contributed by atoms with Gasteiger partial charge in [0, 0.05) is 45.4 Å². The van der Waals surface area contributed by atoms with Gasteiger partial charge in [-0.05, 0) is 26.2 Å². The lowest BCUT2D eigenvalue weighted by atomic mass is 9.86. The molecule has 6 saturated heterocycles. The number of aliphatic carboxylic acids is 2. The highest BCUT2D eigenvalue weighted by atomic mass is 16.8. The highest BCUT2D eigenvalue weighted by molar-refractivity contribution is 5.78. The molecule has 0 bridgehead atoms. The van der Waals surface area contributed by atoms with Gasteiger partial charge in [0.2, 0.25) is 17.7 Å². The fraction of sp³-hybridized carbons (Fsp3) is 0.911. The minimum absolute atomic E-state index is 0.0891. The number of allylic oxidation sites excluding steroid dienone is 1. The number of carboxylic acid groups (broad SMARTS) is 2. The predicted octanol–water partition coefficient (Wildman–Crippen LogP) is -0.828. The summed E-state index contributed by atoms with van der Waals surface area (Å²) in [6.45, 7) is -0.757. The lowest BCUT2D eigenvalue weighted by Gasteiger charge is -2.53. The molecule has 6 aliphatic heterocycles. The number of carbonyl (C=O) groups is 6. The largest absolute Gasteiger partial charge is 0.477 e. The van der Waals surface area contributed by atoms with Crippen molar-refractivity contribution in [3.63, 3.8) is 0 Å². The van der Waals surface area contributed by atoms with Crippen LogP contribution in [0.3, 0.4) is 0 Å². The van der Waals surface area contributed by atoms with E-state index >= 15 is 0 Å². The summed E-state index contributed by atoms with van der Waals surface area (Å²) in [7, 11) is 0. The Bertz CT molecular complexity index is 3290. The van der Waals surface area contributed by atoms with E-state index in [4.69, 9.17) is 56.8 Å². The summed E-state index contributed by atoms with van der Waals surface area (Å²) in [5.74, 6) is -16.5. The highest BCUT2D eigenvalue weighted by Crippen LogP contribution is 2.44. The number of carbonyl (C=O) groups excluding carboxylic acids is 4. The van der Waals surface area contributed by atoms with Crippen molar-refractivity contribution in [3.05, 3.63) is 12.2 Å². The number of Topliss-reactive ketones (excluding diaryl/α,β-unsaturated/α-hetero) is 1. The third kappa shape index (κ3) is 35.1. The normalized spacial score (nSPS) is 34.3. The number of unbranched alkanes of at least 4 members (excludes halogenated alkanes) is 30. The van der Waals surface area contributed by atoms with Gasteiger partial charge in [-0.15, -0.1) is 0 Å². The molecule has 0 aromatic carbocycles. The molecule has 768 valence electrons. The van der Waals surface area contributed by atoms with E-state index in [0.29, 0.717) is 12.8 Å². The number of hydrogen-bond acceptors (Lipinski definition) is 37. The minimum atomic E-state index is -3.68. The van der Waals surface area contributed by atoms with Crippen molar-refractivity contribution in [3.8, 4) is 0 Å². The van der Waals surface area contributed by atoms with Crippen LogP contribution in [0, 0.1) is 5.92 Å². The van der Waals surface area contributed by atoms with Gasteiger partial charge in [0.15, 0.2) is 25.2 Å². The lowest BCUT2D eigenvalue weighted by molar-refractivity contribution is -0.407. The van der Waals surface area contributed by atoms with Crippen molar-refractivity contribution in [2.75, 3.05) is 46.2 Å². The lowest BCUT2D eigenvalue weighted by Crippen LogP contribution is -2.72. The van der Waals surface area contributed by atoms with Gasteiger partial charge >= 0.3 is 11.9 Å². The smallest absolute Gasteiger partial charge is 0.364 e. The first-order chi connectivity index (χ1) is 63.1. The summed E-state index contributed by atoms with van der Waals surface area (Å²) in [5.41, 5.74) is 0. The van der Waals surface area contributed by atoms with Crippen LogP contribution >= 0.6 is 0 Å². The first-order valence-corrected chi connectivity index (χ1v) is 47.9. The molecule has 42 heteroatoms. The van der Waals surface area contributed by atoms with Crippen molar-refractivity contribution >= 4 is 35.4 Å². The Balaban J connectivity index is 1.29. The number of rotatable bonds is 65. The van der Waals surface area contributed by atoms with E-state index in [-0.39, 0.29) is 6.42 Å². The van der Waals surface area contributed by atoms with Gasteiger partial charge in [-0.25, -0.2) is 9.59 Å². The Morgan fingerprint density at radius 1 is 0.432 bits per heavy atom. The number of amides is 3. The summed E-state index contributed by atoms with van der Waals surface area (Å²) < 4.78 is 72.6. The second kappa shape index (κ2) is 60.5. The van der Waals surface area contributed by atoms with Crippen molar-refractivity contribution < 1.29 is 193 Å². The van der Waals surface area contributed by atoms with E-state index < -0.39 is 308 Å². The minimum Gasteiger partial charge on any atom is -0.477 e. The fourth-order valence-corrected chi connectivity index (χ4v) is 18.0. The molecule has 6 fully saturated rings. The molecule has 0 aliphatic carbocycles. The molecule has 0 saturated carbocycles. The zero-order chi connectivity index (χ0) is 97.4. The molecule has 3 amide bonds. The Hall–Kier alpha value is -4.48. The Morgan fingerprint density at radius 2 is 0.841 bits per heavy atom. The SMILES string of the molecule is CCCCCCCCCCCCC/C=C\[C@@H](O)[C@H](CO[C@@H]1O[C@H](CO)[C@@H](O[C@@H]2O[C@H](CO)[C@H](O[C@@H]3O[C@H](CO)[C@H](O)[C@H](O[C@@H]4O[C@H](CO)[C@H](O)[C@H](O)[C@H]4O)[C@H]3CC(C)=O)[C@H](O[C@]3(C(=O)O)C[C@H](O)[C@@H](NC(C)=O)C([C@H](O)[C@@H](CO)O[C@]4(C(=O)O)C[C@H](O)[C@@H](NC(C)=O)C([C@H](O)[C@H](O)CO)O4)O3)[C@H]2O)[C@H](O)[C@H]1O)NC(=O)CCCCCCCCCCCCCCCCCCCCCC. The van der Waals surface area contributed by atoms with Crippen LogP contribution < -0.4 is 16.0 Å². The summed E-state index contributed by atoms with van der Waals surface area (Å²) in [6, 6.07) is -5.10. The molecule has 0 spiro atoms. The van der Waals surface area contributed by atoms with Gasteiger partial charge in [0.25, 0.3) is 11.6 Å². The maximum absolute atomic E-state index is 14.4. The van der Waals surface area contributed by atoms with Crippen molar-refractivity contribution in [1.82, 2.24) is 16.0 Å². The van der Waals surface area contributed by atoms with Crippen LogP contribution in [-0.4, -0.2) is 390 Å². The van der Waals surface area contributed by atoms with Gasteiger partial charge in [0.05, 0.1) is 88.8 Å². The van der Waals surface area contributed by atoms with Gasteiger partial charge < -0.3 is 185 Å². The van der Waals surface area contributed by atoms with Crippen molar-refractivity contribution in [1.29, 1.82) is 0 Å². The number of ether oxygens (including phenoxy) is 12. The first kappa shape index (κ1) is 116. The average Bonchev–Trinajstić information content (AvgIpc) is 0.742. The zero-order valence-electron chi connectivity index (χ0n) is 77.3. The summed E-state index contributed by atoms with van der Waals surface area (Å²) in [6.07, 6.45) is -25.3. The van der Waals surface area contributed by atoms with E-state index in [0.717, 1.165) is 85.0 Å². The standard InChI is InChI=1S/C90H159N3O39/c1-6-8-10-12-14-16-18-20-21-22-23-24-25-26-28-30-32-34-36-38-40-65(107)93-55(56(103)39-37-35-33-31-29-27-19-17-15-13-11-9-7-2)50-121-84-75(115)73(113)78(63(48-98)124-84)127-86-76(116)82(79(64(49-99)125-86)128-83-54(41-51(3)100)77(70(110)61(46-96)122-83)126-85-74(114)72(112)69(109)60(45-95)123-85)132-90(88(119)120)43-58(105)67(92-53(5)102)81(131-90)71(111)62(47-97)129-89(87(117)118)42-57(104)66(91-52(4)101)80(130-89)68(108)59(106)44-94/h37,39,54-64,66-86,94-99,103-106,108-116H,6-36,38,40-50H2,1-5H3,(H,91,101)(H,92,102)(H,93,107)(H,117,118)(H,119,120)/b39-37-/t54-,55+,56-,57+,58+,59-,60-,61-,62-,63-,64-,66-,67-,68-,69+,70+,71-,72+,73-,74-,75-,76-,77-,78-,79+,80?,81?,82-,83+,84-,85+,86+,89-,90+/m1/s1. The van der Waals surface area contributed by atoms with Crippen molar-refractivity contribution in [2.45, 2.75) is 467 Å². The summed E-state index contributed by atoms with van der Waals surface area (Å²) >= 11 is 0. The van der Waals surface area contributed by atoms with E-state index in [2.05, 4.69) is 29.8 Å². The third-order valence-corrected chi connectivity index (χ3v) is 25.6. The molecular weight excluding hydrogens is 1750 g/mol. The Morgan fingerprint density at radius 3 is 1.31 bits per heavy atom. The predicted molar refractivity (Wildman–Crippen MR) is 464 cm³/mol. The molecule has 34 atom stereocenters. The van der Waals surface area contributed by atoms with Crippen LogP contribution in [-0.2, 0) is 85.6 Å². The number of ketones is 1. The first-order valence-electron chi connectivity index (χ1n) is 47.9. The van der Waals surface area contributed by atoms with Crippen LogP contribution in [0.15, 0.2) is 12.2 Å². The van der Waals surface area contributed by atoms with Gasteiger partial charge in [0.1, 0.15) is 128 Å². The molecule has 132 heavy (non-hydrogen) atoms. The number of aliphatic hydroxyl groups is 19. The van der Waals surface area contributed by atoms with E-state index in [1.165, 1.54) is 134 Å². The van der Waals surface area contributed by atoms with E-state index in [1.54, 1.807) is 6.08 Å². The molecule has 2 unspecified atom stereocenters. The summed E-state index contributed by atoms with van der Waals surface area (Å²) in [5, 5.41) is 246. The topological polar surface area (TPSA) is 674 Å². The van der Waals surface area contributed by atoms with Gasteiger partial charge in [-0.1, -0.05) is 212 Å². The molecular formula is C90H159N3O39. The van der Waals surface area contributed by atoms with Crippen LogP contribution in [0.25, 0.3) is 0 Å². The summed E-state index contributed by atoms with van der Waals surface area (Å²) in [4.78, 5) is 80.6. The molecule has 6 aliphatic rings. The third-order valence-electron chi connectivity index (χ3n) is 25.6. The maximum atomic E-state index is 14.4. The number of carboxylic acids is 2. The van der Waals surface area contributed by atoms with E-state index in [1.807, 2.05) is 0 Å². The quantitative estimate of drug-likeness (QED) is 0.0261. The number of nitrogens with one attached hydrogen (secondary N) is 3. The second-order valence-corrected chi connectivity index (χ2v) is 36.4. The number of aliphatic hydroxyl groups excluding tert-OH is 19. The molecule has 24 N–H and O–H groups in total. The van der Waals surface area contributed by atoms with Crippen LogP contribution in [0.4, 0.5) is 0 Å². The number of hydrogen-bond donors (Lipinski definition) is 24. The Labute approximate surface area is 772 Å². The maximum Gasteiger partial charge on any atom is 0.364 e. The van der Waals surface area contributed by atoms with Crippen LogP contribution in [0.2, 0.25) is 0 Å². The molecule has 6 heterocycles. The molecule has 0 aromatic heterocycles. The second-order valence-electron chi connectivity index (χ2n) is 36.4.